The van der Waals surface area contributed by atoms with Gasteiger partial charge in [0, 0.05) is 6.42 Å². The molecule has 0 bridgehead atoms. The summed E-state index contributed by atoms with van der Waals surface area (Å²) in [6.45, 7) is 4.16. The van der Waals surface area contributed by atoms with Gasteiger partial charge in [-0.15, -0.1) is 0 Å². The lowest BCUT2D eigenvalue weighted by Crippen LogP contribution is -2.44. The Morgan fingerprint density at radius 2 is 1.80 bits per heavy atom. The Labute approximate surface area is 89.3 Å². The number of nitrogens with one attached hydrogen (secondary N) is 1. The molecule has 0 fully saturated rings. The summed E-state index contributed by atoms with van der Waals surface area (Å²) in [6.07, 6.45) is -0.318. The maximum Gasteiger partial charge on any atom is 0.219 e. The van der Waals surface area contributed by atoms with E-state index in [0.717, 1.165) is 0 Å². The van der Waals surface area contributed by atoms with Crippen LogP contribution in [0.5, 0.6) is 0 Å². The van der Waals surface area contributed by atoms with Gasteiger partial charge in [0.25, 0.3) is 0 Å². The predicted octanol–water partition coefficient (Wildman–Crippen LogP) is -0.853. The minimum absolute atomic E-state index is 0.318. The van der Waals surface area contributed by atoms with Gasteiger partial charge in [-0.2, -0.15) is 0 Å². The first-order valence-corrected chi connectivity index (χ1v) is 6.01. The molecule has 0 aliphatic heterocycles. The summed E-state index contributed by atoms with van der Waals surface area (Å²) < 4.78 is 25.0. The van der Waals surface area contributed by atoms with Crippen LogP contribution in [0.2, 0.25) is 0 Å². The third-order valence-corrected chi connectivity index (χ3v) is 3.68. The average molecular weight is 236 g/mol. The van der Waals surface area contributed by atoms with E-state index in [9.17, 15) is 18.0 Å². The van der Waals surface area contributed by atoms with Gasteiger partial charge in [0.1, 0.15) is 5.78 Å². The number of primary amides is 1. The third-order valence-electron chi connectivity index (χ3n) is 1.82. The summed E-state index contributed by atoms with van der Waals surface area (Å²) in [5.41, 5.74) is 4.90. The standard InChI is InChI=1S/C8H16N2O4S/c1-5(2)15(13,14)10-7(6(3)11)4-8(9)12/h5,7,10H,4H2,1-3H3,(H2,9,12). The highest BCUT2D eigenvalue weighted by Crippen LogP contribution is 2.02. The number of carbonyl (C=O) groups excluding carboxylic acids is 2. The number of sulfonamides is 1. The van der Waals surface area contributed by atoms with Gasteiger partial charge in [0.15, 0.2) is 0 Å². The Hall–Kier alpha value is -0.950. The molecule has 88 valence electrons. The van der Waals surface area contributed by atoms with Crippen LogP contribution in [0.15, 0.2) is 0 Å². The zero-order valence-corrected chi connectivity index (χ0v) is 9.80. The second-order valence-electron chi connectivity index (χ2n) is 3.55. The van der Waals surface area contributed by atoms with Gasteiger partial charge >= 0.3 is 0 Å². The van der Waals surface area contributed by atoms with E-state index in [1.54, 1.807) is 0 Å². The second kappa shape index (κ2) is 5.22. The molecule has 1 unspecified atom stereocenters. The molecule has 7 heteroatoms. The van der Waals surface area contributed by atoms with Crippen LogP contribution in [0.1, 0.15) is 27.2 Å². The highest BCUT2D eigenvalue weighted by Gasteiger charge is 2.25. The molecule has 0 radical (unpaired) electrons. The van der Waals surface area contributed by atoms with Crippen molar-refractivity contribution in [1.29, 1.82) is 0 Å². The molecular formula is C8H16N2O4S. The van der Waals surface area contributed by atoms with E-state index < -0.39 is 33.0 Å². The largest absolute Gasteiger partial charge is 0.370 e. The molecule has 0 rings (SSSR count). The Balaban J connectivity index is 4.70. The summed E-state index contributed by atoms with van der Waals surface area (Å²) in [6, 6.07) is -1.06. The predicted molar refractivity (Wildman–Crippen MR) is 55.5 cm³/mol. The number of hydrogen-bond acceptors (Lipinski definition) is 4. The van der Waals surface area contributed by atoms with Crippen molar-refractivity contribution in [1.82, 2.24) is 4.72 Å². The van der Waals surface area contributed by atoms with E-state index in [1.165, 1.54) is 20.8 Å². The number of nitrogens with two attached hydrogens (primary N) is 1. The topological polar surface area (TPSA) is 106 Å². The molecule has 15 heavy (non-hydrogen) atoms. The lowest BCUT2D eigenvalue weighted by molar-refractivity contribution is -0.124. The first kappa shape index (κ1) is 14.1. The second-order valence-corrected chi connectivity index (χ2v) is 5.81. The van der Waals surface area contributed by atoms with E-state index in [4.69, 9.17) is 5.73 Å². The normalized spacial score (nSPS) is 13.9. The van der Waals surface area contributed by atoms with Crippen molar-refractivity contribution in [2.45, 2.75) is 38.5 Å². The molecule has 0 aliphatic carbocycles. The highest BCUT2D eigenvalue weighted by molar-refractivity contribution is 7.90. The Morgan fingerprint density at radius 3 is 2.07 bits per heavy atom. The van der Waals surface area contributed by atoms with Crippen molar-refractivity contribution in [3.8, 4) is 0 Å². The van der Waals surface area contributed by atoms with Crippen molar-refractivity contribution >= 4 is 21.7 Å². The highest BCUT2D eigenvalue weighted by atomic mass is 32.2. The minimum atomic E-state index is -3.57. The molecule has 0 aromatic rings. The maximum absolute atomic E-state index is 11.4. The lowest BCUT2D eigenvalue weighted by Gasteiger charge is -2.16. The van der Waals surface area contributed by atoms with Crippen LogP contribution >= 0.6 is 0 Å². The summed E-state index contributed by atoms with van der Waals surface area (Å²) in [4.78, 5) is 21.7. The van der Waals surface area contributed by atoms with E-state index in [2.05, 4.69) is 4.72 Å². The van der Waals surface area contributed by atoms with Gasteiger partial charge in [-0.1, -0.05) is 0 Å². The van der Waals surface area contributed by atoms with Crippen LogP contribution in [0.25, 0.3) is 0 Å². The van der Waals surface area contributed by atoms with E-state index in [0.29, 0.717) is 0 Å². The van der Waals surface area contributed by atoms with Gasteiger partial charge in [0.05, 0.1) is 11.3 Å². The first-order valence-electron chi connectivity index (χ1n) is 4.46. The first-order chi connectivity index (χ1) is 6.66. The van der Waals surface area contributed by atoms with Crippen molar-refractivity contribution in [2.24, 2.45) is 5.73 Å². The third kappa shape index (κ3) is 4.89. The zero-order valence-electron chi connectivity index (χ0n) is 8.98. The molecule has 0 saturated carbocycles. The monoisotopic (exact) mass is 236 g/mol. The van der Waals surface area contributed by atoms with Gasteiger partial charge < -0.3 is 5.73 Å². The molecule has 0 aromatic heterocycles. The van der Waals surface area contributed by atoms with E-state index >= 15 is 0 Å². The van der Waals surface area contributed by atoms with Crippen molar-refractivity contribution in [3.05, 3.63) is 0 Å². The average Bonchev–Trinajstić information content (AvgIpc) is 2.01. The molecule has 0 saturated heterocycles. The Morgan fingerprint density at radius 1 is 1.33 bits per heavy atom. The van der Waals surface area contributed by atoms with Crippen molar-refractivity contribution in [3.63, 3.8) is 0 Å². The van der Waals surface area contributed by atoms with Crippen LogP contribution in [-0.4, -0.2) is 31.4 Å². The van der Waals surface area contributed by atoms with Crippen molar-refractivity contribution in [2.75, 3.05) is 0 Å². The molecule has 6 nitrogen and oxygen atoms in total. The van der Waals surface area contributed by atoms with Crippen LogP contribution in [0, 0.1) is 0 Å². The quantitative estimate of drug-likeness (QED) is 0.626. The fourth-order valence-electron chi connectivity index (χ4n) is 0.804. The van der Waals surface area contributed by atoms with E-state index in [-0.39, 0.29) is 6.42 Å². The van der Waals surface area contributed by atoms with Crippen LogP contribution in [0.3, 0.4) is 0 Å². The SMILES string of the molecule is CC(=O)C(CC(N)=O)NS(=O)(=O)C(C)C. The molecule has 0 heterocycles. The fraction of sp³-hybridized carbons (Fsp3) is 0.750. The van der Waals surface area contributed by atoms with Gasteiger partial charge in [0.2, 0.25) is 15.9 Å². The Bertz CT molecular complexity index is 348. The van der Waals surface area contributed by atoms with E-state index in [1.807, 2.05) is 0 Å². The van der Waals surface area contributed by atoms with Gasteiger partial charge in [-0.3, -0.25) is 9.59 Å². The summed E-state index contributed by atoms with van der Waals surface area (Å²) in [5, 5.41) is -0.660. The Kier molecular flexibility index (Phi) is 4.89. The molecule has 0 aliphatic rings. The molecule has 3 N–H and O–H groups in total. The number of carbonyl (C=O) groups is 2. The number of ketones is 1. The number of hydrogen-bond donors (Lipinski definition) is 2. The summed E-state index contributed by atoms with van der Waals surface area (Å²) in [5.74, 6) is -1.15. The zero-order chi connectivity index (χ0) is 12.2. The van der Waals surface area contributed by atoms with Crippen LogP contribution in [0.4, 0.5) is 0 Å². The summed E-state index contributed by atoms with van der Waals surface area (Å²) in [7, 11) is -3.57. The van der Waals surface area contributed by atoms with Crippen molar-refractivity contribution < 1.29 is 18.0 Å². The van der Waals surface area contributed by atoms with Crippen LogP contribution < -0.4 is 10.5 Å². The molecule has 1 amide bonds. The number of amides is 1. The van der Waals surface area contributed by atoms with Crippen LogP contribution in [-0.2, 0) is 19.6 Å². The smallest absolute Gasteiger partial charge is 0.219 e. The number of Topliss-reactive ketones (excluding diaryl/α,β-unsaturated/α-hetero) is 1. The summed E-state index contributed by atoms with van der Waals surface area (Å²) >= 11 is 0. The molecule has 0 spiro atoms. The molecular weight excluding hydrogens is 220 g/mol. The lowest BCUT2D eigenvalue weighted by atomic mass is 10.1. The minimum Gasteiger partial charge on any atom is -0.370 e. The molecule has 1 atom stereocenters. The van der Waals surface area contributed by atoms with Gasteiger partial charge in [-0.05, 0) is 20.8 Å². The van der Waals surface area contributed by atoms with Gasteiger partial charge in [-0.25, -0.2) is 13.1 Å². The molecule has 0 aromatic carbocycles. The fourth-order valence-corrected chi connectivity index (χ4v) is 1.72. The number of rotatable bonds is 6. The maximum atomic E-state index is 11.4.